The van der Waals surface area contributed by atoms with Gasteiger partial charge in [-0.1, -0.05) is 12.6 Å². The molecule has 0 radical (unpaired) electrons. The Morgan fingerprint density at radius 1 is 1.03 bits per heavy atom. The minimum atomic E-state index is -0.674. The van der Waals surface area contributed by atoms with Crippen LogP contribution in [0.1, 0.15) is 0 Å². The van der Waals surface area contributed by atoms with Crippen molar-refractivity contribution < 1.29 is 27.9 Å². The van der Waals surface area contributed by atoms with Crippen molar-refractivity contribution in [2.24, 2.45) is 0 Å². The quantitative estimate of drug-likeness (QED) is 0.688. The molecule has 4 amide bonds. The lowest BCUT2D eigenvalue weighted by molar-refractivity contribution is 0.141. The second-order valence-corrected chi connectivity index (χ2v) is 7.41. The number of urea groups is 1. The summed E-state index contributed by atoms with van der Waals surface area (Å²) in [5.74, 6) is -1.09. The highest BCUT2D eigenvalue weighted by molar-refractivity contribution is 7.96. The molecule has 0 unspecified atom stereocenters. The number of halogens is 2. The number of ether oxygens (including phenoxy) is 1. The summed E-state index contributed by atoms with van der Waals surface area (Å²) < 4.78 is 33.2. The number of anilines is 3. The molecule has 8 nitrogen and oxygen atoms in total. The van der Waals surface area contributed by atoms with Crippen LogP contribution in [0.4, 0.5) is 40.2 Å². The number of nitrogens with zero attached hydrogens (tertiary/aromatic N) is 3. The molecule has 0 bridgehead atoms. The van der Waals surface area contributed by atoms with Crippen LogP contribution in [0.25, 0.3) is 0 Å². The molecule has 0 saturated carbocycles. The lowest BCUT2D eigenvalue weighted by atomic mass is 10.2. The minimum Gasteiger partial charge on any atom is -0.442 e. The van der Waals surface area contributed by atoms with Crippen molar-refractivity contribution >= 4 is 47.1 Å². The largest absolute Gasteiger partial charge is 0.442 e. The monoisotopic (exact) mass is 448 g/mol. The summed E-state index contributed by atoms with van der Waals surface area (Å²) >= 11 is 3.59. The molecule has 2 saturated heterocycles. The van der Waals surface area contributed by atoms with E-state index in [1.165, 1.54) is 51.1 Å². The van der Waals surface area contributed by atoms with E-state index < -0.39 is 35.1 Å². The zero-order valence-electron chi connectivity index (χ0n) is 16.1. The number of hydrogen-bond donors (Lipinski definition) is 2. The average molecular weight is 448 g/mol. The summed E-state index contributed by atoms with van der Waals surface area (Å²) in [4.78, 5) is 39.7. The van der Waals surface area contributed by atoms with Gasteiger partial charge < -0.3 is 10.1 Å². The highest BCUT2D eigenvalue weighted by Crippen LogP contribution is 2.31. The number of cyclic esters (lactones) is 1. The van der Waals surface area contributed by atoms with Crippen LogP contribution < -0.4 is 20.0 Å². The Morgan fingerprint density at radius 3 is 2.39 bits per heavy atom. The predicted molar refractivity (Wildman–Crippen MR) is 113 cm³/mol. The number of rotatable bonds is 5. The van der Waals surface area contributed by atoms with Gasteiger partial charge in [-0.2, -0.15) is 0 Å². The Balaban J connectivity index is 1.48. The number of thiol groups is 1. The second kappa shape index (κ2) is 8.42. The first-order chi connectivity index (χ1) is 14.8. The maximum atomic E-state index is 14.9. The van der Waals surface area contributed by atoms with E-state index in [-0.39, 0.29) is 31.0 Å². The van der Waals surface area contributed by atoms with Gasteiger partial charge in [0.1, 0.15) is 17.7 Å². The van der Waals surface area contributed by atoms with Gasteiger partial charge in [-0.15, -0.1) is 0 Å². The van der Waals surface area contributed by atoms with Gasteiger partial charge in [-0.25, -0.2) is 18.4 Å². The first kappa shape index (κ1) is 20.9. The summed E-state index contributed by atoms with van der Waals surface area (Å²) in [5, 5.41) is 1.89. The van der Waals surface area contributed by atoms with Crippen molar-refractivity contribution in [3.8, 4) is 0 Å². The zero-order valence-corrected chi connectivity index (χ0v) is 17.0. The number of hydrogen-bond acceptors (Lipinski definition) is 4. The molecule has 2 aromatic rings. The molecule has 162 valence electrons. The van der Waals surface area contributed by atoms with Gasteiger partial charge in [0.25, 0.3) is 5.24 Å². The number of nitrogens with one attached hydrogen (secondary N) is 1. The standard InChI is InChI=1S/C20H18F2N4O4S/c21-12-1-3-13(4-2-12)24-7-8-25(19(24)28)17-6-5-14(9-16(17)22)26-11-15(30-20(26)29)10-23-18(27)31/h1-6,9,15H,7-8,10-11H2,(H2,23,27,31)/t15-/m0/s1. The summed E-state index contributed by atoms with van der Waals surface area (Å²) in [6.45, 7) is 0.797. The molecule has 2 aromatic carbocycles. The number of amides is 4. The maximum absolute atomic E-state index is 14.9. The van der Waals surface area contributed by atoms with E-state index >= 15 is 0 Å². The number of carbonyl (C=O) groups is 3. The molecule has 2 fully saturated rings. The van der Waals surface area contributed by atoms with E-state index in [0.29, 0.717) is 12.2 Å². The third-order valence-electron chi connectivity index (χ3n) is 5.04. The molecule has 11 heteroatoms. The molecule has 1 atom stereocenters. The van der Waals surface area contributed by atoms with Crippen LogP contribution in [0.2, 0.25) is 0 Å². The van der Waals surface area contributed by atoms with E-state index in [0.717, 1.165) is 6.07 Å². The molecule has 4 rings (SSSR count). The zero-order chi connectivity index (χ0) is 22.1. The van der Waals surface area contributed by atoms with Gasteiger partial charge in [0.15, 0.2) is 0 Å². The summed E-state index contributed by atoms with van der Waals surface area (Å²) in [6.07, 6.45) is -1.25. The smallest absolute Gasteiger partial charge is 0.414 e. The Labute approximate surface area is 181 Å². The second-order valence-electron chi connectivity index (χ2n) is 7.00. The molecule has 2 heterocycles. The lowest BCUT2D eigenvalue weighted by Crippen LogP contribution is -2.33. The van der Waals surface area contributed by atoms with E-state index in [9.17, 15) is 23.2 Å². The van der Waals surface area contributed by atoms with Crippen LogP contribution in [-0.4, -0.2) is 49.6 Å². The molecule has 31 heavy (non-hydrogen) atoms. The van der Waals surface area contributed by atoms with Gasteiger partial charge in [-0.3, -0.25) is 19.5 Å². The van der Waals surface area contributed by atoms with Crippen LogP contribution in [-0.2, 0) is 4.74 Å². The molecule has 0 spiro atoms. The van der Waals surface area contributed by atoms with Gasteiger partial charge in [0.05, 0.1) is 24.5 Å². The highest BCUT2D eigenvalue weighted by Gasteiger charge is 2.35. The highest BCUT2D eigenvalue weighted by atomic mass is 32.1. The number of carbonyl (C=O) groups excluding carboxylic acids is 3. The topological polar surface area (TPSA) is 82.2 Å². The van der Waals surface area contributed by atoms with Crippen LogP contribution in [0, 0.1) is 11.6 Å². The first-order valence-corrected chi connectivity index (χ1v) is 9.87. The Bertz CT molecular complexity index is 1040. The average Bonchev–Trinajstić information content (AvgIpc) is 3.29. The van der Waals surface area contributed by atoms with Crippen LogP contribution in [0.3, 0.4) is 0 Å². The van der Waals surface area contributed by atoms with Crippen molar-refractivity contribution in [1.82, 2.24) is 5.32 Å². The molecular weight excluding hydrogens is 430 g/mol. The minimum absolute atomic E-state index is 0.0739. The molecule has 2 aliphatic heterocycles. The maximum Gasteiger partial charge on any atom is 0.414 e. The fourth-order valence-electron chi connectivity index (χ4n) is 3.54. The summed E-state index contributed by atoms with van der Waals surface area (Å²) in [7, 11) is 0. The normalized spacial score (nSPS) is 18.5. The summed E-state index contributed by atoms with van der Waals surface area (Å²) in [6, 6.07) is 9.16. The molecule has 1 N–H and O–H groups in total. The number of benzene rings is 2. The first-order valence-electron chi connectivity index (χ1n) is 9.42. The van der Waals surface area contributed by atoms with Gasteiger partial charge in [-0.05, 0) is 42.5 Å². The molecule has 0 aliphatic carbocycles. The van der Waals surface area contributed by atoms with Crippen molar-refractivity contribution in [3.63, 3.8) is 0 Å². The van der Waals surface area contributed by atoms with Gasteiger partial charge in [0, 0.05) is 18.8 Å². The van der Waals surface area contributed by atoms with E-state index in [4.69, 9.17) is 4.74 Å². The third kappa shape index (κ3) is 4.26. The lowest BCUT2D eigenvalue weighted by Gasteiger charge is -2.20. The van der Waals surface area contributed by atoms with E-state index in [1.807, 2.05) is 0 Å². The van der Waals surface area contributed by atoms with Crippen LogP contribution in [0.15, 0.2) is 42.5 Å². The molecular formula is C20H18F2N4O4S. The Hall–Kier alpha value is -3.34. The molecule has 2 aliphatic rings. The van der Waals surface area contributed by atoms with E-state index in [1.54, 1.807) is 0 Å². The predicted octanol–water partition coefficient (Wildman–Crippen LogP) is 3.38. The Kier molecular flexibility index (Phi) is 5.68. The Morgan fingerprint density at radius 2 is 1.71 bits per heavy atom. The van der Waals surface area contributed by atoms with Crippen LogP contribution >= 0.6 is 12.6 Å². The van der Waals surface area contributed by atoms with Gasteiger partial charge >= 0.3 is 12.1 Å². The van der Waals surface area contributed by atoms with Crippen molar-refractivity contribution in [2.45, 2.75) is 6.10 Å². The molecule has 0 aromatic heterocycles. The fourth-order valence-corrected chi connectivity index (χ4v) is 3.63. The fraction of sp³-hybridized carbons (Fsp3) is 0.250. The SMILES string of the molecule is O=C(S)NC[C@H]1CN(c2ccc(N3CCN(c4ccc(F)cc4)C3=O)c(F)c2)C(=O)O1. The van der Waals surface area contributed by atoms with Crippen molar-refractivity contribution in [2.75, 3.05) is 40.9 Å². The van der Waals surface area contributed by atoms with E-state index in [2.05, 4.69) is 17.9 Å². The van der Waals surface area contributed by atoms with Crippen molar-refractivity contribution in [1.29, 1.82) is 0 Å². The summed E-state index contributed by atoms with van der Waals surface area (Å²) in [5.41, 5.74) is 0.864. The van der Waals surface area contributed by atoms with Crippen molar-refractivity contribution in [3.05, 3.63) is 54.1 Å². The van der Waals surface area contributed by atoms with Crippen LogP contribution in [0.5, 0.6) is 0 Å². The van der Waals surface area contributed by atoms with Gasteiger partial charge in [0.2, 0.25) is 0 Å². The third-order valence-corrected chi connectivity index (χ3v) is 5.19.